The number of benzene rings is 2. The van der Waals surface area contributed by atoms with E-state index in [4.69, 9.17) is 0 Å². The van der Waals surface area contributed by atoms with E-state index in [1.165, 1.54) is 0 Å². The summed E-state index contributed by atoms with van der Waals surface area (Å²) in [7, 11) is 0. The molecule has 156 valence electrons. The number of aryl methyl sites for hydroxylation is 1. The lowest BCUT2D eigenvalue weighted by Crippen LogP contribution is -3.14. The number of hydrogen-bond acceptors (Lipinski definition) is 2. The van der Waals surface area contributed by atoms with Crippen LogP contribution in [0, 0.1) is 6.92 Å². The third-order valence-corrected chi connectivity index (χ3v) is 5.22. The number of rotatable bonds is 10. The normalized spacial score (nSPS) is 12.8. The SMILES string of the molecule is CCC[NH+](CC(=O)Nc1ccccc1C)CC(=O)Nc1ccccc1[C@@H](C)CC. The van der Waals surface area contributed by atoms with Gasteiger partial charge in [-0.15, -0.1) is 0 Å². The summed E-state index contributed by atoms with van der Waals surface area (Å²) < 4.78 is 0. The van der Waals surface area contributed by atoms with Crippen molar-refractivity contribution in [3.8, 4) is 0 Å². The van der Waals surface area contributed by atoms with Gasteiger partial charge in [-0.05, 0) is 48.9 Å². The van der Waals surface area contributed by atoms with Crippen molar-refractivity contribution in [2.45, 2.75) is 46.5 Å². The van der Waals surface area contributed by atoms with Crippen molar-refractivity contribution >= 4 is 23.2 Å². The van der Waals surface area contributed by atoms with Gasteiger partial charge in [0.1, 0.15) is 0 Å². The Balaban J connectivity index is 1.98. The molecule has 0 radical (unpaired) electrons. The molecule has 0 aliphatic heterocycles. The molecule has 0 fully saturated rings. The predicted molar refractivity (Wildman–Crippen MR) is 119 cm³/mol. The lowest BCUT2D eigenvalue weighted by molar-refractivity contribution is -0.883. The van der Waals surface area contributed by atoms with Crippen LogP contribution >= 0.6 is 0 Å². The number of amides is 2. The fourth-order valence-corrected chi connectivity index (χ4v) is 3.41. The smallest absolute Gasteiger partial charge is 0.279 e. The zero-order valence-corrected chi connectivity index (χ0v) is 18.0. The average Bonchev–Trinajstić information content (AvgIpc) is 2.69. The second-order valence-corrected chi connectivity index (χ2v) is 7.66. The first-order chi connectivity index (χ1) is 13.9. The maximum Gasteiger partial charge on any atom is 0.279 e. The number of para-hydroxylation sites is 2. The Morgan fingerprint density at radius 1 is 0.897 bits per heavy atom. The van der Waals surface area contributed by atoms with Crippen LogP contribution in [0.3, 0.4) is 0 Å². The summed E-state index contributed by atoms with van der Waals surface area (Å²) in [5, 5.41) is 6.02. The van der Waals surface area contributed by atoms with Gasteiger partial charge in [0.15, 0.2) is 13.1 Å². The highest BCUT2D eigenvalue weighted by molar-refractivity contribution is 5.94. The van der Waals surface area contributed by atoms with Crippen molar-refractivity contribution < 1.29 is 14.5 Å². The second kappa shape index (κ2) is 11.4. The van der Waals surface area contributed by atoms with Gasteiger partial charge in [-0.25, -0.2) is 0 Å². The minimum atomic E-state index is -0.0736. The molecule has 0 aliphatic rings. The number of carbonyl (C=O) groups excluding carboxylic acids is 2. The fourth-order valence-electron chi connectivity index (χ4n) is 3.41. The number of carbonyl (C=O) groups is 2. The van der Waals surface area contributed by atoms with Crippen molar-refractivity contribution in [3.63, 3.8) is 0 Å². The van der Waals surface area contributed by atoms with E-state index >= 15 is 0 Å². The van der Waals surface area contributed by atoms with Crippen molar-refractivity contribution in [1.82, 2.24) is 0 Å². The van der Waals surface area contributed by atoms with Crippen LogP contribution in [0.5, 0.6) is 0 Å². The van der Waals surface area contributed by atoms with Gasteiger partial charge in [0, 0.05) is 11.4 Å². The molecule has 1 unspecified atom stereocenters. The van der Waals surface area contributed by atoms with Gasteiger partial charge in [-0.2, -0.15) is 0 Å². The number of anilines is 2. The molecule has 5 heteroatoms. The van der Waals surface area contributed by atoms with E-state index < -0.39 is 0 Å². The molecule has 0 saturated carbocycles. The van der Waals surface area contributed by atoms with Crippen molar-refractivity contribution in [1.29, 1.82) is 0 Å². The first kappa shape index (κ1) is 22.6. The van der Waals surface area contributed by atoms with Crippen molar-refractivity contribution in [2.75, 3.05) is 30.3 Å². The third-order valence-electron chi connectivity index (χ3n) is 5.22. The standard InChI is InChI=1S/C24H33N3O2/c1-5-15-27(16-23(28)25-21-13-9-7-11-19(21)4)17-24(29)26-22-14-10-8-12-20(22)18(3)6-2/h7-14,18H,5-6,15-17H2,1-4H3,(H,25,28)(H,26,29)/p+1/t18-/m0/s1. The Labute approximate surface area is 174 Å². The van der Waals surface area contributed by atoms with Crippen LogP contribution in [0.15, 0.2) is 48.5 Å². The van der Waals surface area contributed by atoms with Crippen LogP contribution in [0.1, 0.15) is 50.7 Å². The molecule has 0 spiro atoms. The Kier molecular flexibility index (Phi) is 8.87. The highest BCUT2D eigenvalue weighted by atomic mass is 16.2. The second-order valence-electron chi connectivity index (χ2n) is 7.66. The molecule has 5 nitrogen and oxygen atoms in total. The summed E-state index contributed by atoms with van der Waals surface area (Å²) >= 11 is 0. The molecular formula is C24H34N3O2+. The zero-order valence-electron chi connectivity index (χ0n) is 18.0. The van der Waals surface area contributed by atoms with Crippen LogP contribution < -0.4 is 15.5 Å². The Morgan fingerprint density at radius 3 is 2.03 bits per heavy atom. The van der Waals surface area contributed by atoms with E-state index in [1.54, 1.807) is 0 Å². The maximum absolute atomic E-state index is 12.7. The molecule has 0 bridgehead atoms. The molecule has 3 N–H and O–H groups in total. The lowest BCUT2D eigenvalue weighted by Gasteiger charge is -2.20. The predicted octanol–water partition coefficient (Wildman–Crippen LogP) is 3.38. The van der Waals surface area contributed by atoms with Gasteiger partial charge in [0.2, 0.25) is 0 Å². The van der Waals surface area contributed by atoms with E-state index in [9.17, 15) is 9.59 Å². The van der Waals surface area contributed by atoms with E-state index in [0.717, 1.165) is 46.8 Å². The number of quaternary nitrogens is 1. The molecule has 0 aromatic heterocycles. The first-order valence-corrected chi connectivity index (χ1v) is 10.5. The number of hydrogen-bond donors (Lipinski definition) is 3. The topological polar surface area (TPSA) is 62.6 Å². The molecule has 0 saturated heterocycles. The van der Waals surface area contributed by atoms with Crippen LogP contribution in [0.4, 0.5) is 11.4 Å². The molecule has 2 atom stereocenters. The summed E-state index contributed by atoms with van der Waals surface area (Å²) in [5.74, 6) is 0.244. The largest absolute Gasteiger partial charge is 0.321 e. The molecular weight excluding hydrogens is 362 g/mol. The summed E-state index contributed by atoms with van der Waals surface area (Å²) in [6.07, 6.45) is 1.92. The Hall–Kier alpha value is -2.66. The summed E-state index contributed by atoms with van der Waals surface area (Å²) in [5.41, 5.74) is 3.86. The highest BCUT2D eigenvalue weighted by Crippen LogP contribution is 2.26. The Bertz CT molecular complexity index is 819. The molecule has 29 heavy (non-hydrogen) atoms. The summed E-state index contributed by atoms with van der Waals surface area (Å²) in [6, 6.07) is 15.7. The quantitative estimate of drug-likeness (QED) is 0.576. The van der Waals surface area contributed by atoms with Crippen LogP contribution in [-0.2, 0) is 9.59 Å². The van der Waals surface area contributed by atoms with Gasteiger partial charge in [-0.3, -0.25) is 9.59 Å². The van der Waals surface area contributed by atoms with Gasteiger partial charge >= 0.3 is 0 Å². The molecule has 2 amide bonds. The van der Waals surface area contributed by atoms with Crippen molar-refractivity contribution in [3.05, 3.63) is 59.7 Å². The molecule has 2 aromatic rings. The highest BCUT2D eigenvalue weighted by Gasteiger charge is 2.19. The first-order valence-electron chi connectivity index (χ1n) is 10.5. The van der Waals surface area contributed by atoms with Gasteiger partial charge < -0.3 is 15.5 Å². The van der Waals surface area contributed by atoms with Crippen LogP contribution in [-0.4, -0.2) is 31.4 Å². The third kappa shape index (κ3) is 7.02. The minimum Gasteiger partial charge on any atom is -0.321 e. The molecule has 2 rings (SSSR count). The van der Waals surface area contributed by atoms with Crippen LogP contribution in [0.2, 0.25) is 0 Å². The number of nitrogens with one attached hydrogen (secondary N) is 3. The van der Waals surface area contributed by atoms with Crippen LogP contribution in [0.25, 0.3) is 0 Å². The monoisotopic (exact) mass is 396 g/mol. The summed E-state index contributed by atoms with van der Waals surface area (Å²) in [4.78, 5) is 26.2. The maximum atomic E-state index is 12.7. The molecule has 0 aliphatic carbocycles. The molecule has 0 heterocycles. The summed E-state index contributed by atoms with van der Waals surface area (Å²) in [6.45, 7) is 9.64. The minimum absolute atomic E-state index is 0.0621. The molecule has 2 aromatic carbocycles. The van der Waals surface area contributed by atoms with Gasteiger partial charge in [-0.1, -0.05) is 57.2 Å². The zero-order chi connectivity index (χ0) is 21.2. The van der Waals surface area contributed by atoms with Gasteiger partial charge in [0.25, 0.3) is 11.8 Å². The Morgan fingerprint density at radius 2 is 1.45 bits per heavy atom. The lowest BCUT2D eigenvalue weighted by atomic mass is 9.97. The van der Waals surface area contributed by atoms with Crippen molar-refractivity contribution in [2.24, 2.45) is 0 Å². The van der Waals surface area contributed by atoms with E-state index in [2.05, 4.69) is 37.5 Å². The van der Waals surface area contributed by atoms with E-state index in [0.29, 0.717) is 5.92 Å². The average molecular weight is 397 g/mol. The van der Waals surface area contributed by atoms with Gasteiger partial charge in [0.05, 0.1) is 6.54 Å². The fraction of sp³-hybridized carbons (Fsp3) is 0.417. The van der Waals surface area contributed by atoms with E-state index in [-0.39, 0.29) is 24.9 Å². The van der Waals surface area contributed by atoms with E-state index in [1.807, 2.05) is 49.4 Å².